The zero-order valence-electron chi connectivity index (χ0n) is 14.3. The van der Waals surface area contributed by atoms with E-state index in [1.807, 2.05) is 30.1 Å². The average molecular weight is 343 g/mol. The molecule has 0 bridgehead atoms. The number of morpholine rings is 1. The van der Waals surface area contributed by atoms with E-state index in [0.717, 1.165) is 10.9 Å². The number of carbonyl (C=O) groups is 2. The average Bonchev–Trinajstić information content (AvgIpc) is 2.62. The van der Waals surface area contributed by atoms with Gasteiger partial charge in [0.25, 0.3) is 5.91 Å². The van der Waals surface area contributed by atoms with Crippen molar-refractivity contribution in [1.29, 1.82) is 0 Å². The third-order valence-corrected chi connectivity index (χ3v) is 4.23. The smallest absolute Gasteiger partial charge is 0.326 e. The highest BCUT2D eigenvalue weighted by molar-refractivity contribution is 6.02. The topological polar surface area (TPSA) is 80.8 Å². The summed E-state index contributed by atoms with van der Waals surface area (Å²) in [6.07, 6.45) is 0.788. The van der Waals surface area contributed by atoms with Gasteiger partial charge in [-0.1, -0.05) is 6.07 Å². The van der Waals surface area contributed by atoms with Crippen LogP contribution >= 0.6 is 0 Å². The van der Waals surface area contributed by atoms with Crippen LogP contribution in [0.1, 0.15) is 6.92 Å². The van der Waals surface area contributed by atoms with E-state index in [0.29, 0.717) is 18.8 Å². The number of fused-ring (bicyclic) bond motifs is 1. The van der Waals surface area contributed by atoms with Gasteiger partial charge in [0.05, 0.1) is 24.4 Å². The first-order chi connectivity index (χ1) is 12.1. The maximum atomic E-state index is 12.4. The molecule has 1 amide bonds. The first kappa shape index (κ1) is 17.3. The molecule has 1 aliphatic heterocycles. The summed E-state index contributed by atoms with van der Waals surface area (Å²) in [7, 11) is 1.84. The number of hydrogen-bond acceptors (Lipinski definition) is 6. The lowest BCUT2D eigenvalue weighted by Gasteiger charge is -2.31. The minimum atomic E-state index is -0.908. The van der Waals surface area contributed by atoms with Crippen molar-refractivity contribution in [2.45, 2.75) is 19.1 Å². The molecule has 2 atom stereocenters. The summed E-state index contributed by atoms with van der Waals surface area (Å²) in [4.78, 5) is 30.8. The number of nitrogens with zero attached hydrogens (tertiary/aromatic N) is 2. The molecule has 7 nitrogen and oxygen atoms in total. The summed E-state index contributed by atoms with van der Waals surface area (Å²) in [5, 5.41) is 3.63. The van der Waals surface area contributed by atoms with Crippen LogP contribution in [0.5, 0.6) is 0 Å². The molecule has 132 valence electrons. The van der Waals surface area contributed by atoms with Crippen LogP contribution in [0, 0.1) is 0 Å². The summed E-state index contributed by atoms with van der Waals surface area (Å²) in [6, 6.07) is 8.68. The lowest BCUT2D eigenvalue weighted by molar-refractivity contribution is -0.163. The molecule has 1 aromatic heterocycles. The number of ether oxygens (including phenoxy) is 2. The molecule has 3 rings (SSSR count). The largest absolute Gasteiger partial charge is 0.451 e. The molecule has 1 N–H and O–H groups in total. The highest BCUT2D eigenvalue weighted by atomic mass is 16.6. The van der Waals surface area contributed by atoms with Crippen molar-refractivity contribution in [2.24, 2.45) is 0 Å². The number of hydrogen-bond donors (Lipinski definition) is 1. The van der Waals surface area contributed by atoms with E-state index in [2.05, 4.69) is 10.3 Å². The van der Waals surface area contributed by atoms with Gasteiger partial charge in [0.15, 0.2) is 6.10 Å². The summed E-state index contributed by atoms with van der Waals surface area (Å²) >= 11 is 0. The normalized spacial score (nSPS) is 19.4. The fourth-order valence-electron chi connectivity index (χ4n) is 2.69. The van der Waals surface area contributed by atoms with Crippen molar-refractivity contribution in [3.8, 4) is 0 Å². The first-order valence-corrected chi connectivity index (χ1v) is 8.19. The Bertz CT molecular complexity index is 775. The molecule has 1 saturated heterocycles. The van der Waals surface area contributed by atoms with E-state index in [4.69, 9.17) is 9.47 Å². The Kier molecular flexibility index (Phi) is 5.25. The second kappa shape index (κ2) is 7.58. The van der Waals surface area contributed by atoms with E-state index in [9.17, 15) is 9.59 Å². The van der Waals surface area contributed by atoms with Crippen molar-refractivity contribution < 1.29 is 19.1 Å². The predicted octanol–water partition coefficient (Wildman–Crippen LogP) is 1.44. The number of anilines is 1. The fraction of sp³-hybridized carbons (Fsp3) is 0.389. The number of nitrogens with one attached hydrogen (secondary N) is 1. The van der Waals surface area contributed by atoms with E-state index < -0.39 is 18.1 Å². The molecular formula is C18H21N3O4. The number of aromatic nitrogens is 1. The monoisotopic (exact) mass is 343 g/mol. The van der Waals surface area contributed by atoms with Gasteiger partial charge in [-0.25, -0.2) is 0 Å². The van der Waals surface area contributed by atoms with Crippen LogP contribution in [0.15, 0.2) is 36.5 Å². The minimum Gasteiger partial charge on any atom is -0.451 e. The summed E-state index contributed by atoms with van der Waals surface area (Å²) < 4.78 is 10.6. The molecule has 1 aromatic carbocycles. The van der Waals surface area contributed by atoms with E-state index in [-0.39, 0.29) is 12.5 Å². The number of esters is 1. The Hall–Kier alpha value is -2.51. The standard InChI is InChI=1S/C18H21N3O4/c1-12(25-18(23)16-11-24-10-9-21(16)2)17(22)20-15-7-3-6-14-13(15)5-4-8-19-14/h3-8,12,16H,9-11H2,1-2H3,(H,20,22). The second-order valence-corrected chi connectivity index (χ2v) is 6.02. The van der Waals surface area contributed by atoms with Gasteiger partial charge in [0.1, 0.15) is 6.04 Å². The highest BCUT2D eigenvalue weighted by Crippen LogP contribution is 2.21. The Morgan fingerprint density at radius 3 is 3.00 bits per heavy atom. The number of carbonyl (C=O) groups excluding carboxylic acids is 2. The van der Waals surface area contributed by atoms with Crippen LogP contribution in [0.25, 0.3) is 10.9 Å². The van der Waals surface area contributed by atoms with Crippen LogP contribution in [0.4, 0.5) is 5.69 Å². The third kappa shape index (κ3) is 3.94. The minimum absolute atomic E-state index is 0.276. The number of likely N-dealkylation sites (N-methyl/N-ethyl adjacent to an activating group) is 1. The quantitative estimate of drug-likeness (QED) is 0.846. The van der Waals surface area contributed by atoms with E-state index in [1.54, 1.807) is 25.3 Å². The molecular weight excluding hydrogens is 322 g/mol. The van der Waals surface area contributed by atoms with Crippen LogP contribution < -0.4 is 5.32 Å². The van der Waals surface area contributed by atoms with Gasteiger partial charge < -0.3 is 14.8 Å². The summed E-state index contributed by atoms with van der Waals surface area (Å²) in [5.41, 5.74) is 1.42. The first-order valence-electron chi connectivity index (χ1n) is 8.19. The van der Waals surface area contributed by atoms with Crippen LogP contribution in [-0.2, 0) is 19.1 Å². The molecule has 0 saturated carbocycles. The molecule has 1 aliphatic rings. The molecule has 2 unspecified atom stereocenters. The molecule has 2 aromatic rings. The Morgan fingerprint density at radius 2 is 2.20 bits per heavy atom. The lowest BCUT2D eigenvalue weighted by atomic mass is 10.1. The van der Waals surface area contributed by atoms with Gasteiger partial charge in [-0.15, -0.1) is 0 Å². The van der Waals surface area contributed by atoms with Gasteiger partial charge in [-0.2, -0.15) is 0 Å². The molecule has 25 heavy (non-hydrogen) atoms. The van der Waals surface area contributed by atoms with Crippen LogP contribution in [0.3, 0.4) is 0 Å². The maximum absolute atomic E-state index is 12.4. The molecule has 0 spiro atoms. The molecule has 2 heterocycles. The van der Waals surface area contributed by atoms with Crippen LogP contribution in [0.2, 0.25) is 0 Å². The van der Waals surface area contributed by atoms with Crippen molar-refractivity contribution in [1.82, 2.24) is 9.88 Å². The van der Waals surface area contributed by atoms with Crippen molar-refractivity contribution in [3.63, 3.8) is 0 Å². The molecule has 0 radical (unpaired) electrons. The fourth-order valence-corrected chi connectivity index (χ4v) is 2.69. The van der Waals surface area contributed by atoms with Crippen molar-refractivity contribution >= 4 is 28.5 Å². The Labute approximate surface area is 145 Å². The zero-order chi connectivity index (χ0) is 17.8. The predicted molar refractivity (Wildman–Crippen MR) is 93.2 cm³/mol. The molecule has 1 fully saturated rings. The zero-order valence-corrected chi connectivity index (χ0v) is 14.3. The van der Waals surface area contributed by atoms with Gasteiger partial charge in [-0.05, 0) is 38.2 Å². The molecule has 0 aliphatic carbocycles. The summed E-state index contributed by atoms with van der Waals surface area (Å²) in [5.74, 6) is -0.839. The number of pyridine rings is 1. The van der Waals surface area contributed by atoms with E-state index >= 15 is 0 Å². The van der Waals surface area contributed by atoms with Crippen molar-refractivity contribution in [2.75, 3.05) is 32.1 Å². The Morgan fingerprint density at radius 1 is 1.36 bits per heavy atom. The van der Waals surface area contributed by atoms with E-state index in [1.165, 1.54) is 0 Å². The number of benzene rings is 1. The second-order valence-electron chi connectivity index (χ2n) is 6.02. The lowest BCUT2D eigenvalue weighted by Crippen LogP contribution is -2.49. The number of amides is 1. The number of rotatable bonds is 4. The third-order valence-electron chi connectivity index (χ3n) is 4.23. The maximum Gasteiger partial charge on any atom is 0.326 e. The Balaban J connectivity index is 1.65. The van der Waals surface area contributed by atoms with Gasteiger partial charge in [0.2, 0.25) is 0 Å². The van der Waals surface area contributed by atoms with Crippen LogP contribution in [-0.4, -0.2) is 60.7 Å². The summed E-state index contributed by atoms with van der Waals surface area (Å²) in [6.45, 7) is 3.08. The van der Waals surface area contributed by atoms with Crippen molar-refractivity contribution in [3.05, 3.63) is 36.5 Å². The van der Waals surface area contributed by atoms with Gasteiger partial charge in [0, 0.05) is 18.1 Å². The SMILES string of the molecule is CC(OC(=O)C1COCCN1C)C(=O)Nc1cccc2ncccc12. The molecule has 7 heteroatoms. The van der Waals surface area contributed by atoms with Gasteiger partial charge in [-0.3, -0.25) is 19.5 Å². The highest BCUT2D eigenvalue weighted by Gasteiger charge is 2.30. The van der Waals surface area contributed by atoms with Gasteiger partial charge >= 0.3 is 5.97 Å².